The smallest absolute Gasteiger partial charge is 0.174 e. The molecule has 5 heteroatoms. The van der Waals surface area contributed by atoms with Gasteiger partial charge in [-0.15, -0.1) is 0 Å². The molecular formula is C13H17N3S2. The van der Waals surface area contributed by atoms with Gasteiger partial charge in [-0.25, -0.2) is 4.98 Å². The van der Waals surface area contributed by atoms with E-state index in [-0.39, 0.29) is 6.04 Å². The Kier molecular flexibility index (Phi) is 4.74. The number of nitrogens with two attached hydrogens (primary N) is 1. The van der Waals surface area contributed by atoms with Gasteiger partial charge in [0, 0.05) is 17.4 Å². The molecule has 0 fully saturated rings. The number of benzene rings is 1. The predicted octanol–water partition coefficient (Wildman–Crippen LogP) is 3.14. The highest BCUT2D eigenvalue weighted by Crippen LogP contribution is 2.29. The van der Waals surface area contributed by atoms with E-state index < -0.39 is 0 Å². The third kappa shape index (κ3) is 3.80. The maximum Gasteiger partial charge on any atom is 0.174 e. The molecule has 0 saturated heterocycles. The molecule has 2 aromatic rings. The number of aryl methyl sites for hydroxylation is 1. The fraction of sp³-hybridized carbons (Fsp3) is 0.385. The van der Waals surface area contributed by atoms with E-state index >= 15 is 0 Å². The highest BCUT2D eigenvalue weighted by atomic mass is 32.2. The molecule has 0 bridgehead atoms. The van der Waals surface area contributed by atoms with E-state index in [1.54, 1.807) is 11.8 Å². The highest BCUT2D eigenvalue weighted by Gasteiger charge is 2.05. The van der Waals surface area contributed by atoms with Crippen LogP contribution in [-0.4, -0.2) is 15.4 Å². The maximum absolute atomic E-state index is 5.78. The lowest BCUT2D eigenvalue weighted by Crippen LogP contribution is -2.17. The third-order valence-corrected chi connectivity index (χ3v) is 4.25. The molecule has 0 saturated carbocycles. The lowest BCUT2D eigenvalue weighted by Gasteiger charge is -2.05. The van der Waals surface area contributed by atoms with Crippen molar-refractivity contribution in [2.75, 3.05) is 0 Å². The van der Waals surface area contributed by atoms with Crippen LogP contribution in [0.3, 0.4) is 0 Å². The van der Waals surface area contributed by atoms with E-state index in [0.717, 1.165) is 23.0 Å². The second kappa shape index (κ2) is 6.31. The van der Waals surface area contributed by atoms with Gasteiger partial charge in [0.05, 0.1) is 0 Å². The molecule has 1 unspecified atom stereocenters. The van der Waals surface area contributed by atoms with Gasteiger partial charge < -0.3 is 5.73 Å². The van der Waals surface area contributed by atoms with E-state index in [0.29, 0.717) is 0 Å². The standard InChI is InChI=1S/C13H17N3S2/c1-3-12-15-13(18-16-12)17-11-6-4-10(5-7-11)8-9(2)14/h4-7,9H,3,8,14H2,1-2H3. The van der Waals surface area contributed by atoms with Gasteiger partial charge in [-0.05, 0) is 42.6 Å². The zero-order valence-electron chi connectivity index (χ0n) is 10.6. The van der Waals surface area contributed by atoms with Gasteiger partial charge in [-0.2, -0.15) is 4.37 Å². The molecule has 0 radical (unpaired) electrons. The average molecular weight is 279 g/mol. The van der Waals surface area contributed by atoms with Gasteiger partial charge >= 0.3 is 0 Å². The number of hydrogen-bond donors (Lipinski definition) is 1. The van der Waals surface area contributed by atoms with Crippen LogP contribution in [0.5, 0.6) is 0 Å². The highest BCUT2D eigenvalue weighted by molar-refractivity contribution is 8.01. The van der Waals surface area contributed by atoms with Crippen LogP contribution in [0.25, 0.3) is 0 Å². The van der Waals surface area contributed by atoms with E-state index in [1.807, 2.05) is 6.92 Å². The van der Waals surface area contributed by atoms with Gasteiger partial charge in [0.1, 0.15) is 5.82 Å². The Morgan fingerprint density at radius 2 is 2.06 bits per heavy atom. The summed E-state index contributed by atoms with van der Waals surface area (Å²) in [6, 6.07) is 8.71. The van der Waals surface area contributed by atoms with Crippen LogP contribution in [0.4, 0.5) is 0 Å². The Hall–Kier alpha value is -0.910. The molecule has 2 rings (SSSR count). The zero-order chi connectivity index (χ0) is 13.0. The Morgan fingerprint density at radius 1 is 1.33 bits per heavy atom. The predicted molar refractivity (Wildman–Crippen MR) is 77.2 cm³/mol. The zero-order valence-corrected chi connectivity index (χ0v) is 12.2. The first-order valence-electron chi connectivity index (χ1n) is 6.02. The summed E-state index contributed by atoms with van der Waals surface area (Å²) in [6.45, 7) is 4.09. The molecule has 2 N–H and O–H groups in total. The van der Waals surface area contributed by atoms with Crippen LogP contribution >= 0.6 is 23.3 Å². The lowest BCUT2D eigenvalue weighted by molar-refractivity contribution is 0.737. The number of hydrogen-bond acceptors (Lipinski definition) is 5. The quantitative estimate of drug-likeness (QED) is 0.913. The monoisotopic (exact) mass is 279 g/mol. The minimum Gasteiger partial charge on any atom is -0.328 e. The molecule has 1 aromatic carbocycles. The van der Waals surface area contributed by atoms with Crippen LogP contribution < -0.4 is 5.73 Å². The van der Waals surface area contributed by atoms with Gasteiger partial charge in [-0.3, -0.25) is 0 Å². The lowest BCUT2D eigenvalue weighted by atomic mass is 10.1. The summed E-state index contributed by atoms with van der Waals surface area (Å²) >= 11 is 3.13. The van der Waals surface area contributed by atoms with Crippen LogP contribution in [0, 0.1) is 0 Å². The molecule has 18 heavy (non-hydrogen) atoms. The first-order valence-corrected chi connectivity index (χ1v) is 7.61. The van der Waals surface area contributed by atoms with E-state index in [2.05, 4.69) is 40.5 Å². The summed E-state index contributed by atoms with van der Waals surface area (Å²) in [5, 5.41) is 0. The second-order valence-electron chi connectivity index (χ2n) is 4.26. The van der Waals surface area contributed by atoms with Crippen molar-refractivity contribution >= 4 is 23.3 Å². The molecule has 0 amide bonds. The van der Waals surface area contributed by atoms with Crippen molar-refractivity contribution in [3.8, 4) is 0 Å². The summed E-state index contributed by atoms with van der Waals surface area (Å²) in [6.07, 6.45) is 1.81. The summed E-state index contributed by atoms with van der Waals surface area (Å²) in [5.74, 6) is 0.927. The number of nitrogens with zero attached hydrogens (tertiary/aromatic N) is 2. The Labute approximate surface area is 116 Å². The summed E-state index contributed by atoms with van der Waals surface area (Å²) in [7, 11) is 0. The SMILES string of the molecule is CCc1nsc(Sc2ccc(CC(C)N)cc2)n1. The molecular weight excluding hydrogens is 262 g/mol. The minimum atomic E-state index is 0.207. The maximum atomic E-state index is 5.78. The van der Waals surface area contributed by atoms with Gasteiger partial charge in [0.25, 0.3) is 0 Å². The van der Waals surface area contributed by atoms with Crippen molar-refractivity contribution in [1.82, 2.24) is 9.36 Å². The van der Waals surface area contributed by atoms with Crippen molar-refractivity contribution in [3.05, 3.63) is 35.7 Å². The first kappa shape index (κ1) is 13.5. The molecule has 1 aromatic heterocycles. The van der Waals surface area contributed by atoms with Crippen LogP contribution in [0.15, 0.2) is 33.5 Å². The van der Waals surface area contributed by atoms with Crippen molar-refractivity contribution in [1.29, 1.82) is 0 Å². The van der Waals surface area contributed by atoms with E-state index in [1.165, 1.54) is 22.0 Å². The normalized spacial score (nSPS) is 12.6. The molecule has 0 aliphatic carbocycles. The van der Waals surface area contributed by atoms with Crippen LogP contribution in [0.2, 0.25) is 0 Å². The minimum absolute atomic E-state index is 0.207. The van der Waals surface area contributed by atoms with Crippen LogP contribution in [0.1, 0.15) is 25.2 Å². The van der Waals surface area contributed by atoms with Crippen LogP contribution in [-0.2, 0) is 12.8 Å². The van der Waals surface area contributed by atoms with Gasteiger partial charge in [0.15, 0.2) is 4.34 Å². The number of rotatable bonds is 5. The Balaban J connectivity index is 2.01. The molecule has 0 aliphatic heterocycles. The average Bonchev–Trinajstić information content (AvgIpc) is 2.79. The number of aromatic nitrogens is 2. The Bertz CT molecular complexity index is 491. The molecule has 0 aliphatic rings. The molecule has 1 atom stereocenters. The molecule has 96 valence electrons. The van der Waals surface area contributed by atoms with Crippen molar-refractivity contribution in [2.45, 2.75) is 42.0 Å². The third-order valence-electron chi connectivity index (χ3n) is 2.45. The second-order valence-corrected chi connectivity index (χ2v) is 6.33. The largest absolute Gasteiger partial charge is 0.328 e. The van der Waals surface area contributed by atoms with Crippen molar-refractivity contribution in [2.24, 2.45) is 5.73 Å². The van der Waals surface area contributed by atoms with Gasteiger partial charge in [-0.1, -0.05) is 30.8 Å². The summed E-state index contributed by atoms with van der Waals surface area (Å²) < 4.78 is 5.29. The molecule has 3 nitrogen and oxygen atoms in total. The van der Waals surface area contributed by atoms with E-state index in [9.17, 15) is 0 Å². The molecule has 0 spiro atoms. The fourth-order valence-corrected chi connectivity index (χ4v) is 3.26. The first-order chi connectivity index (χ1) is 8.67. The molecule has 1 heterocycles. The van der Waals surface area contributed by atoms with E-state index in [4.69, 9.17) is 5.73 Å². The summed E-state index contributed by atoms with van der Waals surface area (Å²) in [5.41, 5.74) is 7.06. The fourth-order valence-electron chi connectivity index (χ4n) is 1.59. The summed E-state index contributed by atoms with van der Waals surface area (Å²) in [4.78, 5) is 5.64. The topological polar surface area (TPSA) is 51.8 Å². The van der Waals surface area contributed by atoms with Crippen molar-refractivity contribution < 1.29 is 0 Å². The van der Waals surface area contributed by atoms with Gasteiger partial charge in [0.2, 0.25) is 0 Å². The van der Waals surface area contributed by atoms with Crippen molar-refractivity contribution in [3.63, 3.8) is 0 Å². The Morgan fingerprint density at radius 3 is 2.61 bits per heavy atom.